The van der Waals surface area contributed by atoms with Crippen molar-refractivity contribution in [2.75, 3.05) is 33.0 Å². The Balaban J connectivity index is 1.25. The van der Waals surface area contributed by atoms with E-state index >= 15 is 0 Å². The minimum Gasteiger partial charge on any atom is -0.454 e. The minimum atomic E-state index is -0.0386. The molecule has 1 aromatic carbocycles. The van der Waals surface area contributed by atoms with Crippen molar-refractivity contribution in [1.29, 1.82) is 0 Å². The molecule has 1 N–H and O–H groups in total. The fourth-order valence-electron chi connectivity index (χ4n) is 4.16. The molecule has 1 aromatic rings. The zero-order valence-corrected chi connectivity index (χ0v) is 15.6. The van der Waals surface area contributed by atoms with Gasteiger partial charge < -0.3 is 14.8 Å². The summed E-state index contributed by atoms with van der Waals surface area (Å²) >= 11 is 0. The van der Waals surface area contributed by atoms with Crippen LogP contribution in [0.2, 0.25) is 0 Å². The zero-order valence-electron chi connectivity index (χ0n) is 15.6. The second-order valence-corrected chi connectivity index (χ2v) is 7.67. The molecule has 1 aliphatic carbocycles. The lowest BCUT2D eigenvalue weighted by Gasteiger charge is -2.37. The summed E-state index contributed by atoms with van der Waals surface area (Å²) in [5, 5.41) is 3.23. The largest absolute Gasteiger partial charge is 0.454 e. The van der Waals surface area contributed by atoms with E-state index in [0.29, 0.717) is 12.8 Å². The highest BCUT2D eigenvalue weighted by molar-refractivity contribution is 5.81. The Bertz CT molecular complexity index is 637. The van der Waals surface area contributed by atoms with Crippen molar-refractivity contribution in [2.45, 2.75) is 51.2 Å². The lowest BCUT2D eigenvalue weighted by molar-refractivity contribution is -0.127. The first-order valence-electron chi connectivity index (χ1n) is 9.84. The lowest BCUT2D eigenvalue weighted by Crippen LogP contribution is -2.54. The van der Waals surface area contributed by atoms with Crippen LogP contribution < -0.4 is 14.8 Å². The van der Waals surface area contributed by atoms with Gasteiger partial charge in [-0.05, 0) is 37.5 Å². The number of carbonyl (C=O) groups is 1. The third-order valence-corrected chi connectivity index (χ3v) is 5.88. The summed E-state index contributed by atoms with van der Waals surface area (Å²) in [6.45, 7) is 7.10. The van der Waals surface area contributed by atoms with Crippen molar-refractivity contribution < 1.29 is 14.3 Å². The Labute approximate surface area is 155 Å². The first kappa shape index (κ1) is 17.6. The molecule has 0 aromatic heterocycles. The maximum atomic E-state index is 12.5. The number of rotatable bonds is 5. The molecule has 0 bridgehead atoms. The first-order valence-corrected chi connectivity index (χ1v) is 9.84. The van der Waals surface area contributed by atoms with Gasteiger partial charge in [-0.25, -0.2) is 0 Å². The molecule has 1 unspecified atom stereocenters. The van der Waals surface area contributed by atoms with Crippen LogP contribution >= 0.6 is 0 Å². The molecule has 3 aliphatic rings. The van der Waals surface area contributed by atoms with Gasteiger partial charge in [0, 0.05) is 38.8 Å². The van der Waals surface area contributed by atoms with Gasteiger partial charge >= 0.3 is 0 Å². The van der Waals surface area contributed by atoms with Crippen molar-refractivity contribution >= 4 is 5.91 Å². The second kappa shape index (κ2) is 7.84. The Hall–Kier alpha value is -1.79. The van der Waals surface area contributed by atoms with Crippen molar-refractivity contribution in [3.8, 4) is 11.5 Å². The molecule has 2 heterocycles. The van der Waals surface area contributed by atoms with E-state index in [1.54, 1.807) is 0 Å². The molecular weight excluding hydrogens is 330 g/mol. The smallest absolute Gasteiger partial charge is 0.237 e. The number of ether oxygens (including phenoxy) is 2. The van der Waals surface area contributed by atoms with Crippen molar-refractivity contribution in [2.24, 2.45) is 0 Å². The van der Waals surface area contributed by atoms with Gasteiger partial charge in [0.25, 0.3) is 0 Å². The standard InChI is InChI=1S/C20H29N3O3/c1-15(20(24)21-17-4-2-3-5-17)23-10-8-22(9-11-23)13-16-6-7-18-19(12-16)26-14-25-18/h6-7,12,15,17H,2-5,8-11,13-14H2,1H3,(H,21,24). The van der Waals surface area contributed by atoms with Gasteiger partial charge in [0.05, 0.1) is 6.04 Å². The first-order chi connectivity index (χ1) is 12.7. The van der Waals surface area contributed by atoms with Gasteiger partial charge in [-0.15, -0.1) is 0 Å². The van der Waals surface area contributed by atoms with E-state index < -0.39 is 0 Å². The van der Waals surface area contributed by atoms with Gasteiger partial charge in [-0.1, -0.05) is 18.9 Å². The van der Waals surface area contributed by atoms with Crippen LogP contribution in [0, 0.1) is 0 Å². The molecule has 26 heavy (non-hydrogen) atoms. The van der Waals surface area contributed by atoms with E-state index in [2.05, 4.69) is 27.2 Å². The number of hydrogen-bond donors (Lipinski definition) is 1. The molecule has 1 saturated carbocycles. The number of benzene rings is 1. The lowest BCUT2D eigenvalue weighted by atomic mass is 10.1. The molecule has 142 valence electrons. The Morgan fingerprint density at radius 3 is 2.65 bits per heavy atom. The minimum absolute atomic E-state index is 0.0386. The maximum Gasteiger partial charge on any atom is 0.237 e. The predicted molar refractivity (Wildman–Crippen MR) is 99.3 cm³/mol. The van der Waals surface area contributed by atoms with Crippen LogP contribution in [0.15, 0.2) is 18.2 Å². The van der Waals surface area contributed by atoms with E-state index in [0.717, 1.165) is 57.1 Å². The number of carbonyl (C=O) groups excluding carboxylic acids is 1. The molecule has 1 atom stereocenters. The molecule has 0 spiro atoms. The summed E-state index contributed by atoms with van der Waals surface area (Å²) in [4.78, 5) is 17.2. The molecule has 4 rings (SSSR count). The highest BCUT2D eigenvalue weighted by Crippen LogP contribution is 2.32. The Morgan fingerprint density at radius 2 is 1.88 bits per heavy atom. The quantitative estimate of drug-likeness (QED) is 0.871. The molecule has 2 fully saturated rings. The summed E-state index contributed by atoms with van der Waals surface area (Å²) in [5.74, 6) is 1.88. The maximum absolute atomic E-state index is 12.5. The summed E-state index contributed by atoms with van der Waals surface area (Å²) in [6.07, 6.45) is 4.78. The average molecular weight is 359 g/mol. The van der Waals surface area contributed by atoms with Gasteiger partial charge in [-0.3, -0.25) is 14.6 Å². The highest BCUT2D eigenvalue weighted by atomic mass is 16.7. The van der Waals surface area contributed by atoms with Gasteiger partial charge in [0.1, 0.15) is 0 Å². The van der Waals surface area contributed by atoms with Crippen LogP contribution in [0.4, 0.5) is 0 Å². The van der Waals surface area contributed by atoms with Crippen LogP contribution in [0.25, 0.3) is 0 Å². The number of nitrogens with zero attached hydrogens (tertiary/aromatic N) is 2. The van der Waals surface area contributed by atoms with Gasteiger partial charge in [0.2, 0.25) is 12.7 Å². The fraction of sp³-hybridized carbons (Fsp3) is 0.650. The van der Waals surface area contributed by atoms with Crippen LogP contribution in [0.3, 0.4) is 0 Å². The number of piperazine rings is 1. The molecule has 6 nitrogen and oxygen atoms in total. The van der Waals surface area contributed by atoms with Crippen LogP contribution in [-0.2, 0) is 11.3 Å². The Kier molecular flexibility index (Phi) is 5.31. The summed E-state index contributed by atoms with van der Waals surface area (Å²) < 4.78 is 10.8. The van der Waals surface area contributed by atoms with Gasteiger partial charge in [-0.2, -0.15) is 0 Å². The summed E-state index contributed by atoms with van der Waals surface area (Å²) in [5.41, 5.74) is 1.25. The average Bonchev–Trinajstić information content (AvgIpc) is 3.33. The summed E-state index contributed by atoms with van der Waals surface area (Å²) in [6, 6.07) is 6.54. The monoisotopic (exact) mass is 359 g/mol. The molecule has 1 saturated heterocycles. The molecule has 2 aliphatic heterocycles. The third kappa shape index (κ3) is 3.96. The van der Waals surface area contributed by atoms with Crippen LogP contribution in [0.1, 0.15) is 38.2 Å². The third-order valence-electron chi connectivity index (χ3n) is 5.88. The van der Waals surface area contributed by atoms with Crippen molar-refractivity contribution in [3.63, 3.8) is 0 Å². The molecule has 0 radical (unpaired) electrons. The van der Waals surface area contributed by atoms with Gasteiger partial charge in [0.15, 0.2) is 11.5 Å². The topological polar surface area (TPSA) is 54.0 Å². The molecule has 6 heteroatoms. The normalized spacial score (nSPS) is 22.5. The number of nitrogens with one attached hydrogen (secondary N) is 1. The van der Waals surface area contributed by atoms with E-state index in [9.17, 15) is 4.79 Å². The number of hydrogen-bond acceptors (Lipinski definition) is 5. The number of amides is 1. The van der Waals surface area contributed by atoms with Crippen molar-refractivity contribution in [3.05, 3.63) is 23.8 Å². The van der Waals surface area contributed by atoms with E-state index in [1.165, 1.54) is 18.4 Å². The van der Waals surface area contributed by atoms with Crippen molar-refractivity contribution in [1.82, 2.24) is 15.1 Å². The Morgan fingerprint density at radius 1 is 1.15 bits per heavy atom. The zero-order chi connectivity index (χ0) is 17.9. The number of fused-ring (bicyclic) bond motifs is 1. The molecular formula is C20H29N3O3. The van der Waals surface area contributed by atoms with Crippen LogP contribution in [-0.4, -0.2) is 60.8 Å². The molecule has 1 amide bonds. The second-order valence-electron chi connectivity index (χ2n) is 7.67. The summed E-state index contributed by atoms with van der Waals surface area (Å²) in [7, 11) is 0. The highest BCUT2D eigenvalue weighted by Gasteiger charge is 2.27. The SMILES string of the molecule is CC(C(=O)NC1CCCC1)N1CCN(Cc2ccc3c(c2)OCO3)CC1. The van der Waals surface area contributed by atoms with Crippen LogP contribution in [0.5, 0.6) is 11.5 Å². The van der Waals surface area contributed by atoms with E-state index in [4.69, 9.17) is 9.47 Å². The fourth-order valence-corrected chi connectivity index (χ4v) is 4.16. The van der Waals surface area contributed by atoms with E-state index in [1.807, 2.05) is 13.0 Å². The predicted octanol–water partition coefficient (Wildman–Crippen LogP) is 1.98. The van der Waals surface area contributed by atoms with E-state index in [-0.39, 0.29) is 11.9 Å².